The van der Waals surface area contributed by atoms with Crippen molar-refractivity contribution >= 4 is 33.8 Å². The van der Waals surface area contributed by atoms with Crippen LogP contribution in [0.2, 0.25) is 0 Å². The predicted octanol–water partition coefficient (Wildman–Crippen LogP) is 3.13. The van der Waals surface area contributed by atoms with E-state index in [9.17, 15) is 4.79 Å². The number of H-pyrrole nitrogens is 1. The molecule has 21 heavy (non-hydrogen) atoms. The molecule has 0 spiro atoms. The molecule has 0 aliphatic heterocycles. The lowest BCUT2D eigenvalue weighted by Gasteiger charge is -2.15. The zero-order valence-corrected chi connectivity index (χ0v) is 12.6. The van der Waals surface area contributed by atoms with Gasteiger partial charge in [0.25, 0.3) is 5.91 Å². The number of nitrogens with one attached hydrogen (secondary N) is 1. The summed E-state index contributed by atoms with van der Waals surface area (Å²) in [6, 6.07) is 11.6. The molecule has 0 unspecified atom stereocenters. The molecule has 5 heteroatoms. The molecule has 1 aromatic carbocycles. The quantitative estimate of drug-likeness (QED) is 0.727. The van der Waals surface area contributed by atoms with E-state index in [1.807, 2.05) is 37.4 Å². The SMILES string of the molecule is CN(CCc1cccs1)C(=O)c1cc2cccc(N)c2[nH]1. The molecule has 0 atom stereocenters. The number of carbonyl (C=O) groups is 1. The molecule has 3 aromatic rings. The molecule has 0 aliphatic carbocycles. The molecule has 0 bridgehead atoms. The first-order valence-corrected chi connectivity index (χ1v) is 7.68. The molecule has 4 nitrogen and oxygen atoms in total. The first-order valence-electron chi connectivity index (χ1n) is 6.80. The monoisotopic (exact) mass is 299 g/mol. The number of thiophene rings is 1. The second-order valence-corrected chi connectivity index (χ2v) is 6.08. The summed E-state index contributed by atoms with van der Waals surface area (Å²) in [5, 5.41) is 3.02. The van der Waals surface area contributed by atoms with Gasteiger partial charge >= 0.3 is 0 Å². The van der Waals surface area contributed by atoms with Gasteiger partial charge in [0, 0.05) is 23.9 Å². The van der Waals surface area contributed by atoms with Crippen LogP contribution in [-0.4, -0.2) is 29.4 Å². The number of likely N-dealkylation sites (N-methyl/N-ethyl adjacent to an activating group) is 1. The number of fused-ring (bicyclic) bond motifs is 1. The Morgan fingerprint density at radius 3 is 2.90 bits per heavy atom. The van der Waals surface area contributed by atoms with E-state index in [1.165, 1.54) is 4.88 Å². The van der Waals surface area contributed by atoms with E-state index in [2.05, 4.69) is 16.4 Å². The zero-order chi connectivity index (χ0) is 14.8. The fourth-order valence-electron chi connectivity index (χ4n) is 2.33. The number of carbonyl (C=O) groups excluding carboxylic acids is 1. The van der Waals surface area contributed by atoms with Crippen molar-refractivity contribution in [3.8, 4) is 0 Å². The normalized spacial score (nSPS) is 10.9. The Bertz CT molecular complexity index is 761. The summed E-state index contributed by atoms with van der Waals surface area (Å²) < 4.78 is 0. The molecule has 0 radical (unpaired) electrons. The van der Waals surface area contributed by atoms with Crippen molar-refractivity contribution in [1.82, 2.24) is 9.88 Å². The summed E-state index contributed by atoms with van der Waals surface area (Å²) in [4.78, 5) is 18.6. The summed E-state index contributed by atoms with van der Waals surface area (Å²) in [6.45, 7) is 0.699. The first-order chi connectivity index (χ1) is 10.1. The number of amides is 1. The number of aromatic amines is 1. The molecule has 0 saturated heterocycles. The number of hydrogen-bond donors (Lipinski definition) is 2. The Morgan fingerprint density at radius 2 is 2.19 bits per heavy atom. The highest BCUT2D eigenvalue weighted by atomic mass is 32.1. The summed E-state index contributed by atoms with van der Waals surface area (Å²) in [7, 11) is 1.82. The number of nitrogen functional groups attached to an aromatic ring is 1. The van der Waals surface area contributed by atoms with Crippen LogP contribution in [-0.2, 0) is 6.42 Å². The second-order valence-electron chi connectivity index (χ2n) is 5.05. The van der Waals surface area contributed by atoms with Crippen LogP contribution >= 0.6 is 11.3 Å². The highest BCUT2D eigenvalue weighted by Gasteiger charge is 2.15. The molecular weight excluding hydrogens is 282 g/mol. The molecule has 0 saturated carbocycles. The average Bonchev–Trinajstić information content (AvgIpc) is 3.13. The van der Waals surface area contributed by atoms with Gasteiger partial charge in [-0.25, -0.2) is 0 Å². The van der Waals surface area contributed by atoms with Gasteiger partial charge in [0.15, 0.2) is 0 Å². The zero-order valence-electron chi connectivity index (χ0n) is 11.8. The van der Waals surface area contributed by atoms with E-state index in [1.54, 1.807) is 16.2 Å². The highest BCUT2D eigenvalue weighted by Crippen LogP contribution is 2.21. The summed E-state index contributed by atoms with van der Waals surface area (Å²) in [6.07, 6.45) is 0.877. The average molecular weight is 299 g/mol. The number of aromatic nitrogens is 1. The van der Waals surface area contributed by atoms with Crippen molar-refractivity contribution in [2.45, 2.75) is 6.42 Å². The largest absolute Gasteiger partial charge is 0.397 e. The van der Waals surface area contributed by atoms with Crippen LogP contribution in [0.5, 0.6) is 0 Å². The summed E-state index contributed by atoms with van der Waals surface area (Å²) in [5.74, 6) is -0.0119. The number of nitrogens with zero attached hydrogens (tertiary/aromatic N) is 1. The van der Waals surface area contributed by atoms with Crippen LogP contribution in [0.15, 0.2) is 41.8 Å². The summed E-state index contributed by atoms with van der Waals surface area (Å²) >= 11 is 1.72. The maximum atomic E-state index is 12.4. The van der Waals surface area contributed by atoms with Crippen molar-refractivity contribution in [2.24, 2.45) is 0 Å². The van der Waals surface area contributed by atoms with Gasteiger partial charge in [0.1, 0.15) is 5.69 Å². The highest BCUT2D eigenvalue weighted by molar-refractivity contribution is 7.09. The van der Waals surface area contributed by atoms with Crippen molar-refractivity contribution < 1.29 is 4.79 Å². The van der Waals surface area contributed by atoms with Crippen LogP contribution in [0.25, 0.3) is 10.9 Å². The maximum Gasteiger partial charge on any atom is 0.270 e. The Labute approximate surface area is 127 Å². The third kappa shape index (κ3) is 2.78. The molecule has 108 valence electrons. The fraction of sp³-hybridized carbons (Fsp3) is 0.188. The number of hydrogen-bond acceptors (Lipinski definition) is 3. The Hall–Kier alpha value is -2.27. The molecule has 1 amide bonds. The van der Waals surface area contributed by atoms with E-state index in [4.69, 9.17) is 5.73 Å². The third-order valence-corrected chi connectivity index (χ3v) is 4.48. The van der Waals surface area contributed by atoms with Gasteiger partial charge in [-0.15, -0.1) is 11.3 Å². The Balaban J connectivity index is 1.75. The molecule has 0 aliphatic rings. The van der Waals surface area contributed by atoms with Gasteiger partial charge in [0.2, 0.25) is 0 Å². The van der Waals surface area contributed by atoms with Gasteiger partial charge in [-0.1, -0.05) is 18.2 Å². The molecule has 2 aromatic heterocycles. The Morgan fingerprint density at radius 1 is 1.33 bits per heavy atom. The molecule has 2 heterocycles. The summed E-state index contributed by atoms with van der Waals surface area (Å²) in [5.41, 5.74) is 7.98. The minimum Gasteiger partial charge on any atom is -0.397 e. The first kappa shape index (κ1) is 13.7. The molecule has 0 fully saturated rings. The Kier molecular flexibility index (Phi) is 3.66. The molecule has 3 rings (SSSR count). The van der Waals surface area contributed by atoms with Gasteiger partial charge in [-0.3, -0.25) is 4.79 Å². The molecule has 3 N–H and O–H groups in total. The van der Waals surface area contributed by atoms with E-state index in [0.29, 0.717) is 17.9 Å². The standard InChI is InChI=1S/C16H17N3OS/c1-19(8-7-12-5-3-9-21-12)16(20)14-10-11-4-2-6-13(17)15(11)18-14/h2-6,9-10,18H,7-8,17H2,1H3. The topological polar surface area (TPSA) is 62.1 Å². The van der Waals surface area contributed by atoms with Crippen LogP contribution in [0.1, 0.15) is 15.4 Å². The van der Waals surface area contributed by atoms with E-state index in [-0.39, 0.29) is 5.91 Å². The van der Waals surface area contributed by atoms with E-state index >= 15 is 0 Å². The number of anilines is 1. The van der Waals surface area contributed by atoms with Gasteiger partial charge in [-0.2, -0.15) is 0 Å². The van der Waals surface area contributed by atoms with E-state index in [0.717, 1.165) is 17.3 Å². The third-order valence-electron chi connectivity index (χ3n) is 3.54. The minimum atomic E-state index is -0.0119. The predicted molar refractivity (Wildman–Crippen MR) is 87.7 cm³/mol. The van der Waals surface area contributed by atoms with Crippen LogP contribution < -0.4 is 5.73 Å². The van der Waals surface area contributed by atoms with E-state index < -0.39 is 0 Å². The van der Waals surface area contributed by atoms with Gasteiger partial charge in [-0.05, 0) is 30.0 Å². The van der Waals surface area contributed by atoms with Crippen LogP contribution in [0.4, 0.5) is 5.69 Å². The maximum absolute atomic E-state index is 12.4. The van der Waals surface area contributed by atoms with Crippen LogP contribution in [0, 0.1) is 0 Å². The second kappa shape index (κ2) is 5.61. The van der Waals surface area contributed by atoms with Gasteiger partial charge < -0.3 is 15.6 Å². The lowest BCUT2D eigenvalue weighted by atomic mass is 10.2. The fourth-order valence-corrected chi connectivity index (χ4v) is 3.03. The number of para-hydroxylation sites is 1. The minimum absolute atomic E-state index is 0.0119. The van der Waals surface area contributed by atoms with Crippen molar-refractivity contribution in [1.29, 1.82) is 0 Å². The smallest absolute Gasteiger partial charge is 0.270 e. The van der Waals surface area contributed by atoms with Crippen molar-refractivity contribution in [3.05, 3.63) is 52.3 Å². The number of rotatable bonds is 4. The lowest BCUT2D eigenvalue weighted by molar-refractivity contribution is 0.0792. The number of benzene rings is 1. The number of nitrogens with two attached hydrogens (primary N) is 1. The van der Waals surface area contributed by atoms with Crippen molar-refractivity contribution in [2.75, 3.05) is 19.3 Å². The van der Waals surface area contributed by atoms with Crippen LogP contribution in [0.3, 0.4) is 0 Å². The molecular formula is C16H17N3OS. The lowest BCUT2D eigenvalue weighted by Crippen LogP contribution is -2.28. The van der Waals surface area contributed by atoms with Gasteiger partial charge in [0.05, 0.1) is 11.2 Å². The van der Waals surface area contributed by atoms with Crippen molar-refractivity contribution in [3.63, 3.8) is 0 Å².